The number of quaternary nitrogens is 1. The molecule has 34 heavy (non-hydrogen) atoms. The van der Waals surface area contributed by atoms with Crippen LogP contribution in [0.4, 0.5) is 0 Å². The van der Waals surface area contributed by atoms with Gasteiger partial charge in [0.2, 0.25) is 6.04 Å². The van der Waals surface area contributed by atoms with Crippen molar-refractivity contribution in [3.05, 3.63) is 108 Å². The van der Waals surface area contributed by atoms with E-state index in [1.807, 2.05) is 67.7 Å². The lowest BCUT2D eigenvalue weighted by atomic mass is 10.0. The third-order valence-corrected chi connectivity index (χ3v) is 6.50. The Morgan fingerprint density at radius 1 is 0.765 bits per heavy atom. The minimum Gasteiger partial charge on any atom is -0.477 e. The third kappa shape index (κ3) is 5.09. The summed E-state index contributed by atoms with van der Waals surface area (Å²) in [7, 11) is 1.88. The molecule has 0 saturated heterocycles. The number of hydrogen-bond acceptors (Lipinski definition) is 2. The smallest absolute Gasteiger partial charge is 0.365 e. The Bertz CT molecular complexity index is 1250. The molecule has 0 saturated carbocycles. The first-order chi connectivity index (χ1) is 16.5. The second-order valence-corrected chi connectivity index (χ2v) is 8.82. The molecular weight excluding hydrogens is 422 g/mol. The maximum absolute atomic E-state index is 12.0. The zero-order chi connectivity index (χ0) is 24.0. The number of benzene rings is 4. The lowest BCUT2D eigenvalue weighted by Crippen LogP contribution is -2.57. The maximum atomic E-state index is 12.0. The molecule has 0 aromatic heterocycles. The molecular formula is C30H30NO3+. The van der Waals surface area contributed by atoms with Crippen LogP contribution in [0.2, 0.25) is 0 Å². The van der Waals surface area contributed by atoms with Crippen molar-refractivity contribution in [3.8, 4) is 0 Å². The molecule has 0 radical (unpaired) electrons. The molecule has 0 fully saturated rings. The highest BCUT2D eigenvalue weighted by Crippen LogP contribution is 2.22. The number of aliphatic hydroxyl groups excluding tert-OH is 1. The van der Waals surface area contributed by atoms with Crippen LogP contribution in [0.3, 0.4) is 0 Å². The van der Waals surface area contributed by atoms with Gasteiger partial charge >= 0.3 is 5.97 Å². The minimum absolute atomic E-state index is 0.161. The van der Waals surface area contributed by atoms with E-state index in [-0.39, 0.29) is 4.48 Å². The lowest BCUT2D eigenvalue weighted by Gasteiger charge is -2.37. The zero-order valence-electron chi connectivity index (χ0n) is 19.3. The molecule has 4 nitrogen and oxygen atoms in total. The number of rotatable bonds is 9. The van der Waals surface area contributed by atoms with Gasteiger partial charge in [0.25, 0.3) is 0 Å². The summed E-state index contributed by atoms with van der Waals surface area (Å²) in [6.07, 6.45) is 8.12. The normalized spacial score (nSPS) is 13.2. The zero-order valence-corrected chi connectivity index (χ0v) is 19.3. The number of carboxylic acids is 1. The first kappa shape index (κ1) is 23.4. The number of fused-ring (bicyclic) bond motifs is 2. The summed E-state index contributed by atoms with van der Waals surface area (Å²) in [5.41, 5.74) is 2.18. The molecule has 4 heteroatoms. The van der Waals surface area contributed by atoms with E-state index >= 15 is 0 Å². The summed E-state index contributed by atoms with van der Waals surface area (Å²) in [6.45, 7) is 0.525. The largest absolute Gasteiger partial charge is 0.477 e. The van der Waals surface area contributed by atoms with Gasteiger partial charge in [-0.2, -0.15) is 0 Å². The van der Waals surface area contributed by atoms with E-state index in [0.29, 0.717) is 13.1 Å². The van der Waals surface area contributed by atoms with Gasteiger partial charge in [0.1, 0.15) is 6.61 Å². The Labute approximate surface area is 200 Å². The van der Waals surface area contributed by atoms with Crippen LogP contribution in [-0.4, -0.2) is 53.5 Å². The highest BCUT2D eigenvalue weighted by Gasteiger charge is 2.36. The van der Waals surface area contributed by atoms with Crippen molar-refractivity contribution in [2.75, 3.05) is 26.7 Å². The Hall–Kier alpha value is -3.73. The molecule has 0 bridgehead atoms. The summed E-state index contributed by atoms with van der Waals surface area (Å²) >= 11 is 0. The molecule has 4 aromatic rings. The van der Waals surface area contributed by atoms with Crippen molar-refractivity contribution in [1.82, 2.24) is 0 Å². The fourth-order valence-corrected chi connectivity index (χ4v) is 4.50. The molecule has 1 atom stereocenters. The number of aliphatic hydroxyl groups is 1. The lowest BCUT2D eigenvalue weighted by molar-refractivity contribution is -0.914. The highest BCUT2D eigenvalue weighted by molar-refractivity contribution is 5.91. The topological polar surface area (TPSA) is 57.5 Å². The van der Waals surface area contributed by atoms with Gasteiger partial charge in [-0.05, 0) is 44.8 Å². The molecule has 0 aliphatic heterocycles. The summed E-state index contributed by atoms with van der Waals surface area (Å²) in [6, 6.07) is 27.8. The Morgan fingerprint density at radius 3 is 1.65 bits per heavy atom. The van der Waals surface area contributed by atoms with Crippen LogP contribution in [-0.2, 0) is 4.79 Å². The molecule has 172 valence electrons. The van der Waals surface area contributed by atoms with Gasteiger partial charge in [-0.1, -0.05) is 97.1 Å². The van der Waals surface area contributed by atoms with Crippen molar-refractivity contribution >= 4 is 39.7 Å². The second-order valence-electron chi connectivity index (χ2n) is 8.82. The average Bonchev–Trinajstić information content (AvgIpc) is 2.84. The second kappa shape index (κ2) is 10.5. The first-order valence-electron chi connectivity index (χ1n) is 11.5. The molecule has 1 unspecified atom stereocenters. The van der Waals surface area contributed by atoms with Crippen molar-refractivity contribution < 1.29 is 19.5 Å². The summed E-state index contributed by atoms with van der Waals surface area (Å²) in [4.78, 5) is 12.0. The van der Waals surface area contributed by atoms with Gasteiger partial charge in [0, 0.05) is 0 Å². The van der Waals surface area contributed by atoms with E-state index in [1.54, 1.807) is 0 Å². The fourth-order valence-electron chi connectivity index (χ4n) is 4.50. The van der Waals surface area contributed by atoms with Gasteiger partial charge in [-0.25, -0.2) is 4.79 Å². The quantitative estimate of drug-likeness (QED) is 0.325. The SMILES string of the molecule is C[N+](C/C=C/c1cccc2ccccc12)(C/C=C/c1cccc2ccccc12)C(CO)C(=O)O. The van der Waals surface area contributed by atoms with E-state index in [4.69, 9.17) is 0 Å². The predicted molar refractivity (Wildman–Crippen MR) is 140 cm³/mol. The number of hydrogen-bond donors (Lipinski definition) is 2. The van der Waals surface area contributed by atoms with Crippen LogP contribution in [0.15, 0.2) is 97.1 Å². The fraction of sp³-hybridized carbons (Fsp3) is 0.167. The first-order valence-corrected chi connectivity index (χ1v) is 11.5. The molecule has 2 N–H and O–H groups in total. The van der Waals surface area contributed by atoms with E-state index in [0.717, 1.165) is 21.9 Å². The van der Waals surface area contributed by atoms with Crippen molar-refractivity contribution in [1.29, 1.82) is 0 Å². The standard InChI is InChI=1S/C30H29NO3/c1-31(29(22-32)30(33)34,20-8-16-25-14-6-12-23-10-2-4-18-27(23)25)21-9-17-26-15-7-13-24-11-3-5-19-28(24)26/h2-19,29,32H,20-22H2,1H3/p+1/b16-8+,17-9+. The van der Waals surface area contributed by atoms with Crippen LogP contribution in [0.1, 0.15) is 11.1 Å². The average molecular weight is 453 g/mol. The van der Waals surface area contributed by atoms with E-state index < -0.39 is 18.6 Å². The van der Waals surface area contributed by atoms with Crippen molar-refractivity contribution in [2.24, 2.45) is 0 Å². The summed E-state index contributed by atoms with van der Waals surface area (Å²) in [5, 5.41) is 24.3. The monoisotopic (exact) mass is 452 g/mol. The number of aliphatic carboxylic acids is 1. The van der Waals surface area contributed by atoms with Crippen LogP contribution in [0, 0.1) is 0 Å². The van der Waals surface area contributed by atoms with E-state index in [1.165, 1.54) is 10.8 Å². The van der Waals surface area contributed by atoms with Crippen molar-refractivity contribution in [3.63, 3.8) is 0 Å². The van der Waals surface area contributed by atoms with Gasteiger partial charge in [0.05, 0.1) is 20.1 Å². The summed E-state index contributed by atoms with van der Waals surface area (Å²) < 4.78 is 0.161. The highest BCUT2D eigenvalue weighted by atomic mass is 16.4. The number of carbonyl (C=O) groups is 1. The molecule has 0 aliphatic carbocycles. The number of likely N-dealkylation sites (N-methyl/N-ethyl adjacent to an activating group) is 1. The Balaban J connectivity index is 1.59. The van der Waals surface area contributed by atoms with Crippen LogP contribution in [0.25, 0.3) is 33.7 Å². The third-order valence-electron chi connectivity index (χ3n) is 6.50. The molecule has 0 amide bonds. The van der Waals surface area contributed by atoms with Gasteiger partial charge in [-0.15, -0.1) is 0 Å². The molecule has 0 heterocycles. The number of carboxylic acid groups (broad SMARTS) is 1. The van der Waals surface area contributed by atoms with Crippen LogP contribution >= 0.6 is 0 Å². The van der Waals surface area contributed by atoms with Crippen LogP contribution < -0.4 is 0 Å². The van der Waals surface area contributed by atoms with E-state index in [2.05, 4.69) is 48.5 Å². The Kier molecular flexibility index (Phi) is 7.21. The van der Waals surface area contributed by atoms with Gasteiger partial charge < -0.3 is 14.7 Å². The van der Waals surface area contributed by atoms with Crippen molar-refractivity contribution in [2.45, 2.75) is 6.04 Å². The van der Waals surface area contributed by atoms with Crippen LogP contribution in [0.5, 0.6) is 0 Å². The van der Waals surface area contributed by atoms with E-state index in [9.17, 15) is 15.0 Å². The Morgan fingerprint density at radius 2 is 1.21 bits per heavy atom. The summed E-state index contributed by atoms with van der Waals surface area (Å²) in [5.74, 6) is -0.998. The van der Waals surface area contributed by atoms with Gasteiger partial charge in [-0.3, -0.25) is 0 Å². The van der Waals surface area contributed by atoms with Gasteiger partial charge in [0.15, 0.2) is 0 Å². The maximum Gasteiger partial charge on any atom is 0.365 e. The molecule has 4 rings (SSSR count). The number of nitrogens with zero attached hydrogens (tertiary/aromatic N) is 1. The molecule has 0 aliphatic rings. The minimum atomic E-state index is -0.998. The predicted octanol–water partition coefficient (Wildman–Crippen LogP) is 5.61. The molecule has 0 spiro atoms. The molecule has 4 aromatic carbocycles.